The number of anilines is 1. The summed E-state index contributed by atoms with van der Waals surface area (Å²) >= 11 is 3.24. The Hall–Kier alpha value is -1.45. The van der Waals surface area contributed by atoms with Crippen molar-refractivity contribution in [3.05, 3.63) is 34.3 Å². The van der Waals surface area contributed by atoms with Gasteiger partial charge in [-0.15, -0.1) is 0 Å². The molecule has 0 fully saturated rings. The lowest BCUT2D eigenvalue weighted by molar-refractivity contribution is 0.578. The average molecular weight is 360 g/mol. The van der Waals surface area contributed by atoms with Gasteiger partial charge in [-0.25, -0.2) is 18.1 Å². The third-order valence-electron chi connectivity index (χ3n) is 2.72. The topological polar surface area (TPSA) is 103 Å². The van der Waals surface area contributed by atoms with Crippen LogP contribution in [-0.2, 0) is 23.6 Å². The summed E-state index contributed by atoms with van der Waals surface area (Å²) in [5.41, 5.74) is 6.70. The van der Waals surface area contributed by atoms with Crippen LogP contribution >= 0.6 is 15.9 Å². The van der Waals surface area contributed by atoms with Gasteiger partial charge in [0.1, 0.15) is 6.33 Å². The first-order chi connectivity index (χ1) is 9.29. The van der Waals surface area contributed by atoms with Gasteiger partial charge < -0.3 is 5.73 Å². The Morgan fingerprint density at radius 3 is 2.75 bits per heavy atom. The van der Waals surface area contributed by atoms with E-state index in [-0.39, 0.29) is 11.4 Å². The zero-order valence-electron chi connectivity index (χ0n) is 11.0. The van der Waals surface area contributed by atoms with Crippen LogP contribution in [0.4, 0.5) is 5.69 Å². The molecule has 0 saturated carbocycles. The van der Waals surface area contributed by atoms with Crippen LogP contribution < -0.4 is 10.5 Å². The standard InChI is InChI=1S/C11H14BrN5O2S/c1-7-9(13)3-8(12)4-10(7)20(18,19)15-5-11-14-6-17(2)16-11/h3-4,6,15H,5,13H2,1-2H3. The summed E-state index contributed by atoms with van der Waals surface area (Å²) in [6, 6.07) is 3.18. The van der Waals surface area contributed by atoms with E-state index in [2.05, 4.69) is 30.7 Å². The van der Waals surface area contributed by atoms with Crippen molar-refractivity contribution in [3.63, 3.8) is 0 Å². The largest absolute Gasteiger partial charge is 0.398 e. The van der Waals surface area contributed by atoms with Gasteiger partial charge in [0.25, 0.3) is 0 Å². The lowest BCUT2D eigenvalue weighted by Gasteiger charge is -2.10. The zero-order chi connectivity index (χ0) is 14.9. The van der Waals surface area contributed by atoms with Crippen LogP contribution in [0.3, 0.4) is 0 Å². The number of aryl methyl sites for hydroxylation is 1. The summed E-state index contributed by atoms with van der Waals surface area (Å²) in [5, 5.41) is 4.01. The fourth-order valence-corrected chi connectivity index (χ4v) is 3.56. The van der Waals surface area contributed by atoms with Gasteiger partial charge in [0.05, 0.1) is 11.4 Å². The lowest BCUT2D eigenvalue weighted by atomic mass is 10.2. The number of hydrogen-bond donors (Lipinski definition) is 2. The van der Waals surface area contributed by atoms with Crippen molar-refractivity contribution < 1.29 is 8.42 Å². The van der Waals surface area contributed by atoms with Crippen LogP contribution in [0.2, 0.25) is 0 Å². The van der Waals surface area contributed by atoms with Gasteiger partial charge in [0.2, 0.25) is 10.0 Å². The molecule has 1 heterocycles. The molecular weight excluding hydrogens is 346 g/mol. The van der Waals surface area contributed by atoms with Crippen molar-refractivity contribution in [2.24, 2.45) is 7.05 Å². The Balaban J connectivity index is 2.27. The van der Waals surface area contributed by atoms with E-state index in [1.54, 1.807) is 20.0 Å². The minimum absolute atomic E-state index is 0.0228. The maximum absolute atomic E-state index is 12.3. The van der Waals surface area contributed by atoms with E-state index in [0.29, 0.717) is 21.5 Å². The second kappa shape index (κ2) is 5.51. The average Bonchev–Trinajstić information content (AvgIpc) is 2.77. The molecule has 0 radical (unpaired) electrons. The Labute approximate surface area is 125 Å². The van der Waals surface area contributed by atoms with Gasteiger partial charge in [-0.2, -0.15) is 5.10 Å². The molecule has 1 aromatic heterocycles. The van der Waals surface area contributed by atoms with E-state index < -0.39 is 10.0 Å². The summed E-state index contributed by atoms with van der Waals surface area (Å²) in [6.07, 6.45) is 1.51. The molecule has 0 saturated heterocycles. The van der Waals surface area contributed by atoms with Crippen LogP contribution in [0, 0.1) is 6.92 Å². The van der Waals surface area contributed by atoms with Crippen LogP contribution in [0.25, 0.3) is 0 Å². The molecule has 20 heavy (non-hydrogen) atoms. The van der Waals surface area contributed by atoms with E-state index in [9.17, 15) is 8.42 Å². The molecule has 0 unspecified atom stereocenters. The number of hydrogen-bond acceptors (Lipinski definition) is 5. The van der Waals surface area contributed by atoms with Crippen molar-refractivity contribution in [1.82, 2.24) is 19.5 Å². The Bertz CT molecular complexity index is 741. The first kappa shape index (κ1) is 14.9. The molecule has 0 aliphatic heterocycles. The Morgan fingerprint density at radius 2 is 2.15 bits per heavy atom. The molecular formula is C11H14BrN5O2S. The van der Waals surface area contributed by atoms with Gasteiger partial charge in [-0.1, -0.05) is 15.9 Å². The van der Waals surface area contributed by atoms with Crippen molar-refractivity contribution in [1.29, 1.82) is 0 Å². The van der Waals surface area contributed by atoms with Crippen LogP contribution in [0.15, 0.2) is 27.8 Å². The molecule has 0 bridgehead atoms. The number of aromatic nitrogens is 3. The predicted octanol–water partition coefficient (Wildman–Crippen LogP) is 0.947. The monoisotopic (exact) mass is 359 g/mol. The molecule has 0 spiro atoms. The van der Waals surface area contributed by atoms with Crippen LogP contribution in [0.5, 0.6) is 0 Å². The molecule has 7 nitrogen and oxygen atoms in total. The highest BCUT2D eigenvalue weighted by Crippen LogP contribution is 2.26. The third kappa shape index (κ3) is 3.17. The summed E-state index contributed by atoms with van der Waals surface area (Å²) < 4.78 is 29.1. The van der Waals surface area contributed by atoms with Gasteiger partial charge in [-0.3, -0.25) is 4.68 Å². The fraction of sp³-hybridized carbons (Fsp3) is 0.273. The highest BCUT2D eigenvalue weighted by atomic mass is 79.9. The molecule has 2 rings (SSSR count). The summed E-state index contributed by atoms with van der Waals surface area (Å²) in [4.78, 5) is 4.10. The SMILES string of the molecule is Cc1c(N)cc(Br)cc1S(=O)(=O)NCc1ncn(C)n1. The lowest BCUT2D eigenvalue weighted by Crippen LogP contribution is -2.25. The summed E-state index contributed by atoms with van der Waals surface area (Å²) in [7, 11) is -1.96. The molecule has 0 aliphatic carbocycles. The maximum atomic E-state index is 12.3. The number of nitrogen functional groups attached to an aromatic ring is 1. The van der Waals surface area contributed by atoms with E-state index in [4.69, 9.17) is 5.73 Å². The fourth-order valence-electron chi connectivity index (χ4n) is 1.66. The molecule has 0 atom stereocenters. The number of nitrogens with two attached hydrogens (primary N) is 1. The highest BCUT2D eigenvalue weighted by molar-refractivity contribution is 9.10. The summed E-state index contributed by atoms with van der Waals surface area (Å²) in [5.74, 6) is 0.400. The van der Waals surface area contributed by atoms with E-state index in [1.165, 1.54) is 17.1 Å². The number of nitrogens with zero attached hydrogens (tertiary/aromatic N) is 3. The highest BCUT2D eigenvalue weighted by Gasteiger charge is 2.19. The van der Waals surface area contributed by atoms with Crippen molar-refractivity contribution in [2.45, 2.75) is 18.4 Å². The predicted molar refractivity (Wildman–Crippen MR) is 78.3 cm³/mol. The van der Waals surface area contributed by atoms with Crippen molar-refractivity contribution >= 4 is 31.6 Å². The number of benzene rings is 1. The number of halogens is 1. The smallest absolute Gasteiger partial charge is 0.241 e. The molecule has 0 aliphatic rings. The zero-order valence-corrected chi connectivity index (χ0v) is 13.4. The first-order valence-electron chi connectivity index (χ1n) is 5.69. The third-order valence-corrected chi connectivity index (χ3v) is 4.71. The van der Waals surface area contributed by atoms with Gasteiger partial charge in [0, 0.05) is 17.2 Å². The Kier molecular flexibility index (Phi) is 4.11. The number of sulfonamides is 1. The second-order valence-corrected chi connectivity index (χ2v) is 6.93. The molecule has 3 N–H and O–H groups in total. The van der Waals surface area contributed by atoms with Gasteiger partial charge >= 0.3 is 0 Å². The van der Waals surface area contributed by atoms with Crippen molar-refractivity contribution in [3.8, 4) is 0 Å². The normalized spacial score (nSPS) is 11.8. The van der Waals surface area contributed by atoms with E-state index in [1.807, 2.05) is 0 Å². The quantitative estimate of drug-likeness (QED) is 0.791. The maximum Gasteiger partial charge on any atom is 0.241 e. The number of rotatable bonds is 4. The van der Waals surface area contributed by atoms with E-state index in [0.717, 1.165) is 0 Å². The minimum Gasteiger partial charge on any atom is -0.398 e. The minimum atomic E-state index is -3.67. The van der Waals surface area contributed by atoms with Gasteiger partial charge in [0.15, 0.2) is 5.82 Å². The molecule has 9 heteroatoms. The Morgan fingerprint density at radius 1 is 1.45 bits per heavy atom. The van der Waals surface area contributed by atoms with E-state index >= 15 is 0 Å². The molecule has 0 amide bonds. The molecule has 2 aromatic rings. The van der Waals surface area contributed by atoms with Crippen LogP contribution in [0.1, 0.15) is 11.4 Å². The van der Waals surface area contributed by atoms with Gasteiger partial charge in [-0.05, 0) is 24.6 Å². The molecule has 1 aromatic carbocycles. The molecule has 108 valence electrons. The first-order valence-corrected chi connectivity index (χ1v) is 7.97. The summed E-state index contributed by atoms with van der Waals surface area (Å²) in [6.45, 7) is 1.68. The number of nitrogens with one attached hydrogen (secondary N) is 1. The van der Waals surface area contributed by atoms with Crippen molar-refractivity contribution in [2.75, 3.05) is 5.73 Å². The second-order valence-electron chi connectivity index (χ2n) is 4.28. The van der Waals surface area contributed by atoms with Crippen LogP contribution in [-0.4, -0.2) is 23.2 Å².